The molecule has 9 heteroatoms. The number of morpholine rings is 1. The summed E-state index contributed by atoms with van der Waals surface area (Å²) in [7, 11) is 0. The highest BCUT2D eigenvalue weighted by Crippen LogP contribution is 2.32. The number of carbonyl (C=O) groups is 2. The number of benzene rings is 1. The lowest BCUT2D eigenvalue weighted by Crippen LogP contribution is -2.38. The number of carbonyl (C=O) groups excluding carboxylic acids is 1. The number of amides is 1. The van der Waals surface area contributed by atoms with Gasteiger partial charge in [0.2, 0.25) is 0 Å². The SMILES string of the molecule is O=C(O)CCCCCNC(=O)c1cccc([N+](=O)[O-])c1N1CCOCC1. The van der Waals surface area contributed by atoms with Gasteiger partial charge in [0.1, 0.15) is 5.69 Å². The van der Waals surface area contributed by atoms with E-state index >= 15 is 0 Å². The first-order valence-corrected chi connectivity index (χ1v) is 8.61. The lowest BCUT2D eigenvalue weighted by atomic mass is 10.1. The monoisotopic (exact) mass is 365 g/mol. The van der Waals surface area contributed by atoms with Crippen molar-refractivity contribution in [3.8, 4) is 0 Å². The van der Waals surface area contributed by atoms with Crippen molar-refractivity contribution < 1.29 is 24.4 Å². The van der Waals surface area contributed by atoms with E-state index in [0.717, 1.165) is 0 Å². The number of nitro benzene ring substituents is 1. The topological polar surface area (TPSA) is 122 Å². The minimum atomic E-state index is -0.833. The summed E-state index contributed by atoms with van der Waals surface area (Å²) >= 11 is 0. The van der Waals surface area contributed by atoms with Crippen molar-refractivity contribution in [2.45, 2.75) is 25.7 Å². The van der Waals surface area contributed by atoms with E-state index in [0.29, 0.717) is 57.8 Å². The molecule has 1 aromatic rings. The molecular formula is C17H23N3O6. The van der Waals surface area contributed by atoms with Crippen molar-refractivity contribution in [1.29, 1.82) is 0 Å². The van der Waals surface area contributed by atoms with Gasteiger partial charge in [-0.15, -0.1) is 0 Å². The van der Waals surface area contributed by atoms with Crippen molar-refractivity contribution in [3.63, 3.8) is 0 Å². The molecule has 1 heterocycles. The fourth-order valence-corrected chi connectivity index (χ4v) is 2.86. The average molecular weight is 365 g/mol. The van der Waals surface area contributed by atoms with Crippen LogP contribution in [0.15, 0.2) is 18.2 Å². The number of ether oxygens (including phenoxy) is 1. The van der Waals surface area contributed by atoms with E-state index < -0.39 is 10.9 Å². The number of rotatable bonds is 9. The molecule has 0 atom stereocenters. The van der Waals surface area contributed by atoms with Crippen molar-refractivity contribution in [3.05, 3.63) is 33.9 Å². The van der Waals surface area contributed by atoms with Gasteiger partial charge in [-0.05, 0) is 18.9 Å². The first-order valence-electron chi connectivity index (χ1n) is 8.61. The third kappa shape index (κ3) is 5.41. The molecule has 1 amide bonds. The van der Waals surface area contributed by atoms with Gasteiger partial charge in [0, 0.05) is 32.1 Å². The van der Waals surface area contributed by atoms with Crippen molar-refractivity contribution >= 4 is 23.3 Å². The van der Waals surface area contributed by atoms with Crippen LogP contribution < -0.4 is 10.2 Å². The Labute approximate surface area is 151 Å². The summed E-state index contributed by atoms with van der Waals surface area (Å²) in [6, 6.07) is 4.48. The Hall–Kier alpha value is -2.68. The standard InChI is InChI=1S/C17H23N3O6/c21-15(22)7-2-1-3-8-18-17(23)13-5-4-6-14(20(24)25)16(13)19-9-11-26-12-10-19/h4-6H,1-3,7-12H2,(H,18,23)(H,21,22). The zero-order chi connectivity index (χ0) is 18.9. The Bertz CT molecular complexity index is 658. The lowest BCUT2D eigenvalue weighted by molar-refractivity contribution is -0.384. The van der Waals surface area contributed by atoms with Crippen LogP contribution in [0.1, 0.15) is 36.0 Å². The number of carboxylic acid groups (broad SMARTS) is 1. The third-order valence-corrected chi connectivity index (χ3v) is 4.14. The summed E-state index contributed by atoms with van der Waals surface area (Å²) in [5.74, 6) is -1.20. The highest BCUT2D eigenvalue weighted by atomic mass is 16.6. The predicted molar refractivity (Wildman–Crippen MR) is 94.6 cm³/mol. The molecule has 26 heavy (non-hydrogen) atoms. The molecule has 0 unspecified atom stereocenters. The minimum Gasteiger partial charge on any atom is -0.481 e. The van der Waals surface area contributed by atoms with Crippen molar-refractivity contribution in [2.24, 2.45) is 0 Å². The number of nitrogens with zero attached hydrogens (tertiary/aromatic N) is 2. The van der Waals surface area contributed by atoms with Gasteiger partial charge in [-0.25, -0.2) is 0 Å². The van der Waals surface area contributed by atoms with E-state index in [-0.39, 0.29) is 23.6 Å². The van der Waals surface area contributed by atoms with Gasteiger partial charge in [0.25, 0.3) is 11.6 Å². The maximum atomic E-state index is 12.5. The van der Waals surface area contributed by atoms with Crippen LogP contribution >= 0.6 is 0 Å². The number of hydrogen-bond donors (Lipinski definition) is 2. The highest BCUT2D eigenvalue weighted by Gasteiger charge is 2.27. The van der Waals surface area contributed by atoms with Crippen LogP contribution in [0.5, 0.6) is 0 Å². The van der Waals surface area contributed by atoms with Gasteiger partial charge in [-0.3, -0.25) is 19.7 Å². The van der Waals surface area contributed by atoms with Gasteiger partial charge in [0.15, 0.2) is 0 Å². The number of unbranched alkanes of at least 4 members (excludes halogenated alkanes) is 2. The molecule has 2 N–H and O–H groups in total. The molecular weight excluding hydrogens is 342 g/mol. The van der Waals surface area contributed by atoms with E-state index in [9.17, 15) is 19.7 Å². The number of nitro groups is 1. The molecule has 2 rings (SSSR count). The van der Waals surface area contributed by atoms with Crippen molar-refractivity contribution in [1.82, 2.24) is 5.32 Å². The minimum absolute atomic E-state index is 0.0963. The normalized spacial score (nSPS) is 14.1. The number of hydrogen-bond acceptors (Lipinski definition) is 6. The Kier molecular flexibility index (Phi) is 7.34. The lowest BCUT2D eigenvalue weighted by Gasteiger charge is -2.29. The van der Waals surface area contributed by atoms with E-state index in [2.05, 4.69) is 5.32 Å². The van der Waals surface area contributed by atoms with Crippen LogP contribution in [0.2, 0.25) is 0 Å². The zero-order valence-electron chi connectivity index (χ0n) is 14.5. The molecule has 1 aliphatic rings. The first-order chi connectivity index (χ1) is 12.5. The maximum Gasteiger partial charge on any atom is 0.303 e. The van der Waals surface area contributed by atoms with Crippen LogP contribution in [-0.4, -0.2) is 54.8 Å². The summed E-state index contributed by atoms with van der Waals surface area (Å²) < 4.78 is 5.29. The predicted octanol–water partition coefficient (Wildman–Crippen LogP) is 1.81. The summed E-state index contributed by atoms with van der Waals surface area (Å²) in [4.78, 5) is 35.7. The molecule has 0 radical (unpaired) electrons. The quantitative estimate of drug-likeness (QED) is 0.389. The summed E-state index contributed by atoms with van der Waals surface area (Å²) in [5, 5.41) is 22.8. The largest absolute Gasteiger partial charge is 0.481 e. The van der Waals surface area contributed by atoms with Crippen LogP contribution in [0.4, 0.5) is 11.4 Å². The molecule has 1 saturated heterocycles. The third-order valence-electron chi connectivity index (χ3n) is 4.14. The fraction of sp³-hybridized carbons (Fsp3) is 0.529. The number of nitrogens with one attached hydrogen (secondary N) is 1. The molecule has 1 aromatic carbocycles. The number of aliphatic carboxylic acids is 1. The summed E-state index contributed by atoms with van der Waals surface area (Å²) in [5.41, 5.74) is 0.497. The number of para-hydroxylation sites is 1. The fourth-order valence-electron chi connectivity index (χ4n) is 2.86. The molecule has 0 spiro atoms. The second kappa shape index (κ2) is 9.71. The van der Waals surface area contributed by atoms with Gasteiger partial charge >= 0.3 is 5.97 Å². The zero-order valence-corrected chi connectivity index (χ0v) is 14.5. The molecule has 1 aliphatic heterocycles. The Morgan fingerprint density at radius 1 is 1.23 bits per heavy atom. The molecule has 0 aliphatic carbocycles. The Morgan fingerprint density at radius 2 is 1.96 bits per heavy atom. The average Bonchev–Trinajstić information content (AvgIpc) is 2.64. The van der Waals surface area contributed by atoms with E-state index in [1.165, 1.54) is 12.1 Å². The molecule has 1 fully saturated rings. The van der Waals surface area contributed by atoms with Crippen LogP contribution in [-0.2, 0) is 9.53 Å². The smallest absolute Gasteiger partial charge is 0.303 e. The second-order valence-electron chi connectivity index (χ2n) is 5.99. The first kappa shape index (κ1) is 19.6. The highest BCUT2D eigenvalue weighted by molar-refractivity contribution is 6.02. The van der Waals surface area contributed by atoms with Crippen LogP contribution in [0.25, 0.3) is 0 Å². The van der Waals surface area contributed by atoms with Gasteiger partial charge in [-0.1, -0.05) is 12.5 Å². The van der Waals surface area contributed by atoms with Gasteiger partial charge < -0.3 is 20.1 Å². The second-order valence-corrected chi connectivity index (χ2v) is 5.99. The van der Waals surface area contributed by atoms with Crippen LogP contribution in [0, 0.1) is 10.1 Å². The molecule has 0 saturated carbocycles. The molecule has 0 bridgehead atoms. The number of anilines is 1. The number of carboxylic acids is 1. The summed E-state index contributed by atoms with van der Waals surface area (Å²) in [6.45, 7) is 2.28. The van der Waals surface area contributed by atoms with Gasteiger partial charge in [0.05, 0.1) is 23.7 Å². The van der Waals surface area contributed by atoms with Gasteiger partial charge in [-0.2, -0.15) is 0 Å². The van der Waals surface area contributed by atoms with E-state index in [4.69, 9.17) is 9.84 Å². The van der Waals surface area contributed by atoms with E-state index in [1.807, 2.05) is 4.90 Å². The molecule has 142 valence electrons. The molecule has 9 nitrogen and oxygen atoms in total. The van der Waals surface area contributed by atoms with Crippen LogP contribution in [0.3, 0.4) is 0 Å². The van der Waals surface area contributed by atoms with E-state index in [1.54, 1.807) is 6.07 Å². The van der Waals surface area contributed by atoms with Crippen molar-refractivity contribution in [2.75, 3.05) is 37.7 Å². The maximum absolute atomic E-state index is 12.5. The molecule has 0 aromatic heterocycles. The Balaban J connectivity index is 2.04. The summed E-state index contributed by atoms with van der Waals surface area (Å²) in [6.07, 6.45) is 2.01. The Morgan fingerprint density at radius 3 is 2.62 bits per heavy atom.